The summed E-state index contributed by atoms with van der Waals surface area (Å²) in [5.41, 5.74) is 1.92. The van der Waals surface area contributed by atoms with E-state index < -0.39 is 4.92 Å². The summed E-state index contributed by atoms with van der Waals surface area (Å²) < 4.78 is 0. The van der Waals surface area contributed by atoms with Gasteiger partial charge in [0.25, 0.3) is 11.6 Å². The summed E-state index contributed by atoms with van der Waals surface area (Å²) in [5.74, 6) is -0.248. The normalized spacial score (nSPS) is 10.2. The first-order chi connectivity index (χ1) is 8.99. The highest BCUT2D eigenvalue weighted by Gasteiger charge is 2.14. The molecule has 6 heteroatoms. The Bertz CT molecular complexity index is 649. The zero-order chi connectivity index (χ0) is 14.0. The molecule has 1 heterocycles. The highest BCUT2D eigenvalue weighted by molar-refractivity contribution is 7.10. The smallest absolute Gasteiger partial charge is 0.271 e. The molecular weight excluding hydrogens is 264 g/mol. The predicted octanol–water partition coefficient (Wildman–Crippen LogP) is 3.53. The molecule has 0 spiro atoms. The Hall–Kier alpha value is -2.21. The van der Waals surface area contributed by atoms with Crippen LogP contribution in [0.1, 0.15) is 20.8 Å². The molecule has 0 saturated carbocycles. The van der Waals surface area contributed by atoms with Crippen molar-refractivity contribution in [3.63, 3.8) is 0 Å². The second-order valence-corrected chi connectivity index (χ2v) is 5.18. The molecule has 5 nitrogen and oxygen atoms in total. The first-order valence-electron chi connectivity index (χ1n) is 5.59. The average Bonchev–Trinajstić information content (AvgIpc) is 2.70. The van der Waals surface area contributed by atoms with E-state index >= 15 is 0 Å². The van der Waals surface area contributed by atoms with Crippen LogP contribution >= 0.6 is 11.3 Å². The van der Waals surface area contributed by atoms with Gasteiger partial charge in [0.15, 0.2) is 0 Å². The monoisotopic (exact) mass is 276 g/mol. The Morgan fingerprint density at radius 1 is 1.37 bits per heavy atom. The van der Waals surface area contributed by atoms with Gasteiger partial charge in [0.1, 0.15) is 0 Å². The molecule has 0 unspecified atom stereocenters. The molecular formula is C13H12N2O3S. The number of anilines is 1. The molecule has 1 aromatic heterocycles. The fourth-order valence-electron chi connectivity index (χ4n) is 1.63. The molecule has 98 valence electrons. The number of hydrogen-bond acceptors (Lipinski definition) is 4. The number of non-ortho nitro benzene ring substituents is 1. The van der Waals surface area contributed by atoms with Gasteiger partial charge in [-0.05, 0) is 25.5 Å². The third-order valence-corrected chi connectivity index (χ3v) is 3.86. The molecule has 1 amide bonds. The fraction of sp³-hybridized carbons (Fsp3) is 0.154. The third kappa shape index (κ3) is 2.79. The third-order valence-electron chi connectivity index (χ3n) is 2.85. The van der Waals surface area contributed by atoms with E-state index in [0.29, 0.717) is 11.3 Å². The number of benzene rings is 1. The van der Waals surface area contributed by atoms with Crippen LogP contribution in [-0.2, 0) is 0 Å². The van der Waals surface area contributed by atoms with E-state index in [9.17, 15) is 14.9 Å². The van der Waals surface area contributed by atoms with E-state index in [1.807, 2.05) is 13.8 Å². The minimum absolute atomic E-state index is 0.0454. The number of rotatable bonds is 3. The summed E-state index contributed by atoms with van der Waals surface area (Å²) in [6.45, 7) is 3.83. The molecule has 0 atom stereocenters. The standard InChI is InChI=1S/C13H12N2O3S/c1-8-9(2)19-7-12(8)13(16)14-10-4-3-5-11(6-10)15(17)18/h3-7H,1-2H3,(H,14,16). The number of nitro benzene ring substituents is 1. The Labute approximate surface area is 114 Å². The Kier molecular flexibility index (Phi) is 3.62. The lowest BCUT2D eigenvalue weighted by atomic mass is 10.1. The van der Waals surface area contributed by atoms with Gasteiger partial charge in [0.2, 0.25) is 0 Å². The number of hydrogen-bond donors (Lipinski definition) is 1. The molecule has 2 aromatic rings. The van der Waals surface area contributed by atoms with E-state index in [-0.39, 0.29) is 11.6 Å². The number of nitrogens with zero attached hydrogens (tertiary/aromatic N) is 1. The van der Waals surface area contributed by atoms with Gasteiger partial charge in [-0.1, -0.05) is 6.07 Å². The van der Waals surface area contributed by atoms with E-state index in [4.69, 9.17) is 0 Å². The molecule has 1 aromatic carbocycles. The topological polar surface area (TPSA) is 72.2 Å². The van der Waals surface area contributed by atoms with Crippen LogP contribution in [0.3, 0.4) is 0 Å². The minimum Gasteiger partial charge on any atom is -0.322 e. The molecule has 0 aliphatic carbocycles. The maximum absolute atomic E-state index is 12.1. The molecule has 1 N–H and O–H groups in total. The number of aryl methyl sites for hydroxylation is 1. The van der Waals surface area contributed by atoms with Gasteiger partial charge in [0.05, 0.1) is 10.5 Å². The van der Waals surface area contributed by atoms with E-state index in [1.165, 1.54) is 23.5 Å². The van der Waals surface area contributed by atoms with Crippen LogP contribution in [0.5, 0.6) is 0 Å². The van der Waals surface area contributed by atoms with Gasteiger partial charge in [-0.2, -0.15) is 0 Å². The molecule has 19 heavy (non-hydrogen) atoms. The van der Waals surface area contributed by atoms with Crippen molar-refractivity contribution in [1.82, 2.24) is 0 Å². The lowest BCUT2D eigenvalue weighted by Gasteiger charge is -2.04. The lowest BCUT2D eigenvalue weighted by molar-refractivity contribution is -0.384. The van der Waals surface area contributed by atoms with Gasteiger partial charge < -0.3 is 5.32 Å². The molecule has 2 rings (SSSR count). The Balaban J connectivity index is 2.22. The number of nitrogens with one attached hydrogen (secondary N) is 1. The quantitative estimate of drug-likeness (QED) is 0.688. The van der Waals surface area contributed by atoms with Crippen LogP contribution in [0.25, 0.3) is 0 Å². The minimum atomic E-state index is -0.490. The van der Waals surface area contributed by atoms with E-state index in [0.717, 1.165) is 10.4 Å². The van der Waals surface area contributed by atoms with Crippen molar-refractivity contribution >= 4 is 28.6 Å². The summed E-state index contributed by atoms with van der Waals surface area (Å²) in [6, 6.07) is 5.89. The van der Waals surface area contributed by atoms with Crippen molar-refractivity contribution in [2.45, 2.75) is 13.8 Å². The number of carbonyl (C=O) groups excluding carboxylic acids is 1. The molecule has 0 radical (unpaired) electrons. The summed E-state index contributed by atoms with van der Waals surface area (Å²) in [6.07, 6.45) is 0. The Morgan fingerprint density at radius 2 is 2.11 bits per heavy atom. The second kappa shape index (κ2) is 5.19. The summed E-state index contributed by atoms with van der Waals surface area (Å²) >= 11 is 1.51. The van der Waals surface area contributed by atoms with Gasteiger partial charge in [-0.3, -0.25) is 14.9 Å². The first-order valence-corrected chi connectivity index (χ1v) is 6.47. The summed E-state index contributed by atoms with van der Waals surface area (Å²) in [7, 11) is 0. The average molecular weight is 276 g/mol. The zero-order valence-corrected chi connectivity index (χ0v) is 11.3. The predicted molar refractivity (Wildman–Crippen MR) is 74.8 cm³/mol. The lowest BCUT2D eigenvalue weighted by Crippen LogP contribution is -2.12. The van der Waals surface area contributed by atoms with Gasteiger partial charge in [-0.25, -0.2) is 0 Å². The van der Waals surface area contributed by atoms with Crippen LogP contribution < -0.4 is 5.32 Å². The number of carbonyl (C=O) groups is 1. The van der Waals surface area contributed by atoms with Crippen molar-refractivity contribution in [2.75, 3.05) is 5.32 Å². The fourth-order valence-corrected chi connectivity index (χ4v) is 2.50. The molecule has 0 aliphatic rings. The van der Waals surface area contributed by atoms with Crippen LogP contribution in [0.15, 0.2) is 29.6 Å². The molecule has 0 saturated heterocycles. The molecule has 0 aliphatic heterocycles. The van der Waals surface area contributed by atoms with Crippen molar-refractivity contribution in [3.8, 4) is 0 Å². The zero-order valence-electron chi connectivity index (χ0n) is 10.5. The van der Waals surface area contributed by atoms with Crippen LogP contribution in [-0.4, -0.2) is 10.8 Å². The maximum Gasteiger partial charge on any atom is 0.271 e. The summed E-state index contributed by atoms with van der Waals surface area (Å²) in [5, 5.41) is 15.1. The van der Waals surface area contributed by atoms with E-state index in [1.54, 1.807) is 17.5 Å². The first kappa shape index (κ1) is 13.2. The van der Waals surface area contributed by atoms with Crippen LogP contribution in [0.2, 0.25) is 0 Å². The summed E-state index contributed by atoms with van der Waals surface area (Å²) in [4.78, 5) is 23.3. The van der Waals surface area contributed by atoms with Crippen molar-refractivity contribution < 1.29 is 9.72 Å². The number of amides is 1. The van der Waals surface area contributed by atoms with Crippen LogP contribution in [0.4, 0.5) is 11.4 Å². The highest BCUT2D eigenvalue weighted by Crippen LogP contribution is 2.23. The van der Waals surface area contributed by atoms with E-state index in [2.05, 4.69) is 5.32 Å². The number of thiophene rings is 1. The molecule has 0 fully saturated rings. The maximum atomic E-state index is 12.1. The van der Waals surface area contributed by atoms with Crippen molar-refractivity contribution in [1.29, 1.82) is 0 Å². The number of nitro groups is 1. The SMILES string of the molecule is Cc1scc(C(=O)Nc2cccc([N+](=O)[O-])c2)c1C. The Morgan fingerprint density at radius 3 is 2.68 bits per heavy atom. The van der Waals surface area contributed by atoms with Gasteiger partial charge >= 0.3 is 0 Å². The van der Waals surface area contributed by atoms with Crippen molar-refractivity contribution in [2.24, 2.45) is 0 Å². The second-order valence-electron chi connectivity index (χ2n) is 4.09. The van der Waals surface area contributed by atoms with Crippen molar-refractivity contribution in [3.05, 3.63) is 55.8 Å². The molecule has 0 bridgehead atoms. The largest absolute Gasteiger partial charge is 0.322 e. The van der Waals surface area contributed by atoms with Gasteiger partial charge in [-0.15, -0.1) is 11.3 Å². The van der Waals surface area contributed by atoms with Crippen LogP contribution in [0, 0.1) is 24.0 Å². The highest BCUT2D eigenvalue weighted by atomic mass is 32.1. The van der Waals surface area contributed by atoms with Gasteiger partial charge in [0, 0.05) is 28.1 Å².